The van der Waals surface area contributed by atoms with Gasteiger partial charge in [0.2, 0.25) is 11.8 Å². The Balaban J connectivity index is 0.0000144. The molecule has 3 amide bonds. The number of rotatable bonds is 26. The number of fused-ring (bicyclic) bond motifs is 1. The summed E-state index contributed by atoms with van der Waals surface area (Å²) in [6.45, 7) is 1.91. The van der Waals surface area contributed by atoms with E-state index in [1.165, 1.54) is 11.8 Å². The number of aliphatic carboxylic acids is 4. The van der Waals surface area contributed by atoms with Gasteiger partial charge in [0.05, 0.1) is 42.9 Å². The number of benzene rings is 2. The number of carboxylic acids is 4. The van der Waals surface area contributed by atoms with Crippen molar-refractivity contribution < 1.29 is 98.7 Å². The first-order valence-electron chi connectivity index (χ1n) is 24.0. The maximum atomic E-state index is 14.0. The molecule has 2 aromatic carbocycles. The summed E-state index contributed by atoms with van der Waals surface area (Å²) >= 11 is 11.4. The molecule has 0 saturated carbocycles. The van der Waals surface area contributed by atoms with Crippen LogP contribution in [0, 0.1) is 39.9 Å². The maximum Gasteiger partial charge on any atom is 0.326 e. The number of carbonyl (C=O) groups excluding carboxylic acids is 4. The molecule has 3 atom stereocenters. The van der Waals surface area contributed by atoms with Crippen molar-refractivity contribution in [2.45, 2.75) is 76.0 Å². The van der Waals surface area contributed by atoms with E-state index in [1.54, 1.807) is 56.0 Å². The third-order valence-electron chi connectivity index (χ3n) is 12.2. The molecule has 74 heavy (non-hydrogen) atoms. The summed E-state index contributed by atoms with van der Waals surface area (Å²) < 4.78 is 0. The number of anilines is 1. The van der Waals surface area contributed by atoms with Gasteiger partial charge in [-0.15, -0.1) is 0 Å². The number of unbranched alkanes of at least 4 members (excludes halogenated alkanes) is 1. The van der Waals surface area contributed by atoms with Crippen LogP contribution in [0.4, 0.5) is 11.4 Å². The van der Waals surface area contributed by atoms with Crippen LogP contribution in [-0.2, 0) is 46.5 Å². The van der Waals surface area contributed by atoms with Crippen LogP contribution in [0.5, 0.6) is 0 Å². The SMILES string of the molecule is CSCC[C@H](NC(=O)c1cccc2c1CCN(C(=O)CN1CCN(CC(=O)O)CCN(CC(=O)O)CCNC(CC(=O)O)C1)C2)C(=O)CCC(=O)N[C@@H](CCCCNC(=S)Nc1ccc(N=C=S)cc1)C(=O)O.[Gd]. The van der Waals surface area contributed by atoms with E-state index in [0.717, 1.165) is 11.3 Å². The number of carbonyl (C=O) groups is 8. The normalized spacial score (nSPS) is 16.4. The Morgan fingerprint density at radius 1 is 0.811 bits per heavy atom. The van der Waals surface area contributed by atoms with Gasteiger partial charge in [0.15, 0.2) is 10.9 Å². The van der Waals surface area contributed by atoms with Crippen molar-refractivity contribution in [1.29, 1.82) is 0 Å². The van der Waals surface area contributed by atoms with Crippen LogP contribution in [0.15, 0.2) is 47.5 Å². The van der Waals surface area contributed by atoms with Crippen molar-refractivity contribution in [3.63, 3.8) is 0 Å². The van der Waals surface area contributed by atoms with E-state index in [9.17, 15) is 58.8 Å². The molecule has 1 saturated heterocycles. The molecule has 1 fully saturated rings. The average molecular weight is 1230 g/mol. The number of thioether (sulfide) groups is 1. The number of isothiocyanates is 1. The second-order valence-corrected chi connectivity index (χ2v) is 19.3. The van der Waals surface area contributed by atoms with E-state index in [-0.39, 0.29) is 156 Å². The van der Waals surface area contributed by atoms with E-state index in [0.29, 0.717) is 59.9 Å². The summed E-state index contributed by atoms with van der Waals surface area (Å²) in [4.78, 5) is 112. The van der Waals surface area contributed by atoms with Gasteiger partial charge in [0.1, 0.15) is 6.04 Å². The summed E-state index contributed by atoms with van der Waals surface area (Å²) in [5, 5.41) is 55.9. The second kappa shape index (κ2) is 34.1. The minimum Gasteiger partial charge on any atom is -0.481 e. The number of thiocarbonyl (C=S) groups is 2. The smallest absolute Gasteiger partial charge is 0.326 e. The molecule has 2 aliphatic heterocycles. The molecule has 2 heterocycles. The number of carboxylic acid groups (broad SMARTS) is 4. The number of aliphatic imine (C=N–C) groups is 1. The van der Waals surface area contributed by atoms with Crippen LogP contribution < -0.4 is 26.6 Å². The topological polar surface area (TPSA) is 303 Å². The minimum atomic E-state index is -1.20. The molecular formula is C48H66GdN10O12S3. The summed E-state index contributed by atoms with van der Waals surface area (Å²) in [6, 6.07) is 9.55. The van der Waals surface area contributed by atoms with Gasteiger partial charge >= 0.3 is 23.9 Å². The van der Waals surface area contributed by atoms with Crippen molar-refractivity contribution >= 4 is 105 Å². The van der Waals surface area contributed by atoms with Crippen LogP contribution in [0.1, 0.15) is 66.4 Å². The molecule has 0 bridgehead atoms. The number of hydrogen-bond acceptors (Lipinski definition) is 16. The van der Waals surface area contributed by atoms with Crippen molar-refractivity contribution in [2.75, 3.05) is 95.9 Å². The van der Waals surface area contributed by atoms with Crippen LogP contribution in [-0.4, -0.2) is 206 Å². The molecule has 22 nitrogen and oxygen atoms in total. The standard InChI is InChI=1S/C48H66N10O12S3.Gd/c1-73-24-15-38(40(59)12-13-41(60)53-39(47(69)70)7-2-3-16-50-48(72)52-34-10-8-33(9-11-34)51-31-71)54-46(68)37-6-4-5-32-26-58(18-14-36(32)37)42(61)28-57-23-22-56(30-45(66)67)21-20-55(29-44(64)65)19-17-49-35(27-57)25-43(62)63;/h4-6,8-11,35,38-39,49H,2-3,7,12-30H2,1H3,(H,53,60)(H,54,68)(H,62,63)(H,64,65)(H,66,67)(H,69,70)(H2,50,52,72);/t35?,38-,39-;/m0./s1. The molecule has 26 heteroatoms. The number of hydrogen-bond donors (Lipinski definition) is 9. The predicted molar refractivity (Wildman–Crippen MR) is 281 cm³/mol. The van der Waals surface area contributed by atoms with Gasteiger partial charge in [0.25, 0.3) is 5.91 Å². The number of nitrogens with zero attached hydrogens (tertiary/aromatic N) is 5. The van der Waals surface area contributed by atoms with Gasteiger partial charge in [-0.25, -0.2) is 4.79 Å². The molecule has 0 radical (unpaired) electrons. The van der Waals surface area contributed by atoms with Gasteiger partial charge in [-0.2, -0.15) is 16.8 Å². The van der Waals surface area contributed by atoms with Gasteiger partial charge in [-0.3, -0.25) is 48.3 Å². The molecule has 0 aliphatic carbocycles. The van der Waals surface area contributed by atoms with Gasteiger partial charge in [-0.05, 0) is 110 Å². The summed E-state index contributed by atoms with van der Waals surface area (Å²) in [5.41, 5.74) is 3.18. The maximum absolute atomic E-state index is 14.0. The fourth-order valence-electron chi connectivity index (χ4n) is 8.44. The van der Waals surface area contributed by atoms with Gasteiger partial charge in [0, 0.05) is 136 Å². The number of ketones is 1. The van der Waals surface area contributed by atoms with E-state index in [2.05, 4.69) is 49.0 Å². The zero-order chi connectivity index (χ0) is 53.3. The zero-order valence-corrected chi connectivity index (χ0v) is 45.9. The zero-order valence-electron chi connectivity index (χ0n) is 41.2. The van der Waals surface area contributed by atoms with Crippen molar-refractivity contribution in [2.24, 2.45) is 4.99 Å². The summed E-state index contributed by atoms with van der Waals surface area (Å²) in [5.74, 6) is -5.56. The van der Waals surface area contributed by atoms with Crippen molar-refractivity contribution in [3.8, 4) is 0 Å². The largest absolute Gasteiger partial charge is 0.481 e. The van der Waals surface area contributed by atoms with E-state index in [4.69, 9.17) is 12.2 Å². The number of nitrogens with one attached hydrogen (secondary N) is 5. The Morgan fingerprint density at radius 2 is 1.49 bits per heavy atom. The van der Waals surface area contributed by atoms with Crippen LogP contribution in [0.2, 0.25) is 0 Å². The molecule has 4 rings (SSSR count). The van der Waals surface area contributed by atoms with Crippen molar-refractivity contribution in [3.05, 3.63) is 59.2 Å². The third-order valence-corrected chi connectivity index (χ3v) is 13.2. The molecule has 0 aromatic heterocycles. The van der Waals surface area contributed by atoms with E-state index < -0.39 is 53.8 Å². The second-order valence-electron chi connectivity index (χ2n) is 17.7. The average Bonchev–Trinajstić information content (AvgIpc) is 3.33. The van der Waals surface area contributed by atoms with Crippen LogP contribution >= 0.6 is 36.2 Å². The molecule has 0 spiro atoms. The number of Topliss-reactive ketones (excluding diaryl/α,β-unsaturated/α-hetero) is 1. The Kier molecular flexibility index (Phi) is 29.4. The first-order valence-corrected chi connectivity index (χ1v) is 26.2. The summed E-state index contributed by atoms with van der Waals surface area (Å²) in [6.07, 6.45) is 2.88. The fourth-order valence-corrected chi connectivity index (χ4v) is 9.24. The summed E-state index contributed by atoms with van der Waals surface area (Å²) in [7, 11) is 0. The predicted octanol–water partition coefficient (Wildman–Crippen LogP) is 1.75. The Hall–Kier alpha value is -4.60. The molecule has 2 aliphatic rings. The van der Waals surface area contributed by atoms with E-state index in [1.807, 2.05) is 12.3 Å². The molecule has 406 valence electrons. The molecular weight excluding hydrogens is 1160 g/mol. The molecule has 9 N–H and O–H groups in total. The van der Waals surface area contributed by atoms with E-state index >= 15 is 0 Å². The quantitative estimate of drug-likeness (QED) is 0.0368. The van der Waals surface area contributed by atoms with Gasteiger partial charge < -0.3 is 51.9 Å². The van der Waals surface area contributed by atoms with Crippen molar-refractivity contribution in [1.82, 2.24) is 40.9 Å². The molecule has 2 aromatic rings. The monoisotopic (exact) mass is 1230 g/mol. The molecule has 1 unspecified atom stereocenters. The first kappa shape index (κ1) is 63.7. The first-order chi connectivity index (χ1) is 34.9. The van der Waals surface area contributed by atoms with Crippen LogP contribution in [0.3, 0.4) is 0 Å². The van der Waals surface area contributed by atoms with Crippen LogP contribution in [0.25, 0.3) is 0 Å². The Bertz CT molecular complexity index is 2310. The minimum absolute atomic E-state index is 0. The number of amides is 3. The Morgan fingerprint density at radius 3 is 2.12 bits per heavy atom. The third kappa shape index (κ3) is 23.5. The van der Waals surface area contributed by atoms with Gasteiger partial charge in [-0.1, -0.05) is 12.1 Å². The Labute approximate surface area is 477 Å². The fraction of sp³-hybridized carbons (Fsp3) is 0.542.